The second-order valence-electron chi connectivity index (χ2n) is 5.11. The van der Waals surface area contributed by atoms with Crippen molar-refractivity contribution in [2.75, 3.05) is 0 Å². The fraction of sp³-hybridized carbons (Fsp3) is 0.308. The van der Waals surface area contributed by atoms with Crippen LogP contribution in [0.3, 0.4) is 0 Å². The van der Waals surface area contributed by atoms with E-state index in [1.807, 2.05) is 19.6 Å². The van der Waals surface area contributed by atoms with Gasteiger partial charge in [-0.1, -0.05) is 12.1 Å². The molecular weight excluding hydrogens is 262 g/mol. The molecule has 0 saturated heterocycles. The van der Waals surface area contributed by atoms with E-state index < -0.39 is 13.2 Å². The Bertz CT molecular complexity index is 532. The van der Waals surface area contributed by atoms with Crippen molar-refractivity contribution in [1.29, 1.82) is 0 Å². The molecule has 0 aliphatic rings. The summed E-state index contributed by atoms with van der Waals surface area (Å²) in [6.07, 6.45) is 1.31. The van der Waals surface area contributed by atoms with E-state index in [-0.39, 0.29) is 17.2 Å². The molecule has 1 rings (SSSR count). The van der Waals surface area contributed by atoms with Gasteiger partial charge in [-0.05, 0) is 32.6 Å². The van der Waals surface area contributed by atoms with Gasteiger partial charge in [-0.2, -0.15) is 0 Å². The summed E-state index contributed by atoms with van der Waals surface area (Å²) in [6, 6.07) is 6.26. The van der Waals surface area contributed by atoms with Gasteiger partial charge in [0, 0.05) is 12.1 Å². The first-order valence-corrected chi connectivity index (χ1v) is 9.26. The normalized spacial score (nSPS) is 12.1. The zero-order chi connectivity index (χ0) is 14.6. The summed E-state index contributed by atoms with van der Waals surface area (Å²) >= 11 is 0. The molecule has 0 unspecified atom stereocenters. The number of nitro benzene ring substituents is 1. The lowest BCUT2D eigenvalue weighted by Crippen LogP contribution is -2.24. The second kappa shape index (κ2) is 5.79. The predicted octanol–water partition coefficient (Wildman–Crippen LogP) is 3.38. The quantitative estimate of drug-likeness (QED) is 0.272. The van der Waals surface area contributed by atoms with Crippen molar-refractivity contribution in [2.24, 2.45) is 0 Å². The smallest absolute Gasteiger partial charge is 0.280 e. The highest BCUT2D eigenvalue weighted by molar-refractivity contribution is 6.70. The average molecular weight is 279 g/mol. The van der Waals surface area contributed by atoms with Crippen LogP contribution in [-0.4, -0.2) is 19.0 Å². The van der Waals surface area contributed by atoms with E-state index in [2.05, 4.69) is 0 Å². The van der Waals surface area contributed by atoms with E-state index in [0.717, 1.165) is 0 Å². The molecule has 0 N–H and O–H groups in total. The Morgan fingerprint density at radius 1 is 1.32 bits per heavy atom. The molecule has 0 radical (unpaired) electrons. The van der Waals surface area contributed by atoms with Crippen LogP contribution in [0, 0.1) is 10.1 Å². The molecule has 0 aromatic heterocycles. The van der Waals surface area contributed by atoms with Gasteiger partial charge in [0.05, 0.1) is 10.5 Å². The fourth-order valence-corrected chi connectivity index (χ4v) is 2.35. The number of hydrogen-bond donors (Lipinski definition) is 0. The number of carbonyl (C=O) groups is 1. The molecule has 0 saturated carbocycles. The van der Waals surface area contributed by atoms with Crippen LogP contribution in [0.2, 0.25) is 19.6 Å². The maximum atomic E-state index is 11.3. The minimum absolute atomic E-state index is 0.0618. The van der Waals surface area contributed by atoms with Crippen LogP contribution in [0.15, 0.2) is 30.3 Å². The van der Waals surface area contributed by atoms with E-state index in [4.69, 9.17) is 4.43 Å². The fourth-order valence-electron chi connectivity index (χ4n) is 1.52. The van der Waals surface area contributed by atoms with Crippen LogP contribution < -0.4 is 0 Å². The summed E-state index contributed by atoms with van der Waals surface area (Å²) in [5, 5.41) is 11.0. The number of nitro groups is 1. The highest BCUT2D eigenvalue weighted by Gasteiger charge is 2.23. The average Bonchev–Trinajstić information content (AvgIpc) is 2.25. The molecule has 1 aromatic carbocycles. The molecular formula is C13H17NO4Si. The molecule has 6 heteroatoms. The summed E-state index contributed by atoms with van der Waals surface area (Å²) in [7, 11) is -1.97. The van der Waals surface area contributed by atoms with Crippen LogP contribution in [0.5, 0.6) is 0 Å². The lowest BCUT2D eigenvalue weighted by atomic mass is 10.1. The van der Waals surface area contributed by atoms with Gasteiger partial charge in [0.15, 0.2) is 5.78 Å². The minimum atomic E-state index is -1.97. The summed E-state index contributed by atoms with van der Waals surface area (Å²) in [6.45, 7) is 7.25. The number of para-hydroxylation sites is 1. The molecule has 1 aromatic rings. The third-order valence-corrected chi connectivity index (χ3v) is 2.95. The molecule has 0 aliphatic heterocycles. The number of allylic oxidation sites excluding steroid dienone is 1. The number of carbonyl (C=O) groups excluding carboxylic acids is 1. The molecule has 0 bridgehead atoms. The predicted molar refractivity (Wildman–Crippen MR) is 76.2 cm³/mol. The summed E-state index contributed by atoms with van der Waals surface area (Å²) in [5.74, 6) is 0.0744. The highest BCUT2D eigenvalue weighted by atomic mass is 28.4. The Balaban J connectivity index is 3.34. The van der Waals surface area contributed by atoms with Crippen LogP contribution in [-0.2, 0) is 9.22 Å². The zero-order valence-electron chi connectivity index (χ0n) is 11.5. The molecule has 19 heavy (non-hydrogen) atoms. The Morgan fingerprint density at radius 3 is 2.37 bits per heavy atom. The molecule has 0 aliphatic carbocycles. The minimum Gasteiger partial charge on any atom is -0.544 e. The van der Waals surface area contributed by atoms with Crippen LogP contribution in [0.1, 0.15) is 12.5 Å². The molecule has 5 nitrogen and oxygen atoms in total. The maximum absolute atomic E-state index is 11.3. The zero-order valence-corrected chi connectivity index (χ0v) is 12.5. The van der Waals surface area contributed by atoms with E-state index in [1.54, 1.807) is 18.2 Å². The van der Waals surface area contributed by atoms with Gasteiger partial charge in [0.2, 0.25) is 8.32 Å². The summed E-state index contributed by atoms with van der Waals surface area (Å²) in [5.41, 5.74) is 0.276. The van der Waals surface area contributed by atoms with Crippen LogP contribution in [0.4, 0.5) is 5.69 Å². The maximum Gasteiger partial charge on any atom is 0.280 e. The Morgan fingerprint density at radius 2 is 1.89 bits per heavy atom. The molecule has 0 amide bonds. The first-order chi connectivity index (χ1) is 8.70. The van der Waals surface area contributed by atoms with Crippen LogP contribution >= 0.6 is 0 Å². The molecule has 0 heterocycles. The first-order valence-electron chi connectivity index (χ1n) is 5.86. The van der Waals surface area contributed by atoms with Crippen molar-refractivity contribution in [1.82, 2.24) is 0 Å². The molecule has 0 atom stereocenters. The van der Waals surface area contributed by atoms with E-state index in [1.165, 1.54) is 19.1 Å². The largest absolute Gasteiger partial charge is 0.544 e. The standard InChI is InChI=1S/C13H17NO4Si/c1-10(15)9-13(18-19(2,3)4)11-7-5-6-8-12(11)14(16)17/h5-9H,1-4H3/b13-9-. The topological polar surface area (TPSA) is 69.4 Å². The summed E-state index contributed by atoms with van der Waals surface area (Å²) in [4.78, 5) is 21.8. The van der Waals surface area contributed by atoms with Gasteiger partial charge in [0.25, 0.3) is 5.69 Å². The number of rotatable bonds is 5. The van der Waals surface area contributed by atoms with Gasteiger partial charge in [-0.15, -0.1) is 0 Å². The van der Waals surface area contributed by atoms with E-state index >= 15 is 0 Å². The number of nitrogens with zero attached hydrogens (tertiary/aromatic N) is 1. The summed E-state index contributed by atoms with van der Waals surface area (Å²) < 4.78 is 5.80. The van der Waals surface area contributed by atoms with E-state index in [9.17, 15) is 14.9 Å². The number of ketones is 1. The Kier molecular flexibility index (Phi) is 4.60. The van der Waals surface area contributed by atoms with Gasteiger partial charge in [0.1, 0.15) is 5.76 Å². The van der Waals surface area contributed by atoms with Gasteiger partial charge < -0.3 is 4.43 Å². The Hall–Kier alpha value is -1.95. The lowest BCUT2D eigenvalue weighted by Gasteiger charge is -2.21. The van der Waals surface area contributed by atoms with Gasteiger partial charge >= 0.3 is 0 Å². The highest BCUT2D eigenvalue weighted by Crippen LogP contribution is 2.28. The molecule has 102 valence electrons. The SMILES string of the molecule is CC(=O)/C=C(\O[Si](C)(C)C)c1ccccc1[N+](=O)[O-]. The van der Waals surface area contributed by atoms with Crippen molar-refractivity contribution < 1.29 is 14.1 Å². The van der Waals surface area contributed by atoms with Crippen molar-refractivity contribution in [3.8, 4) is 0 Å². The van der Waals surface area contributed by atoms with Crippen molar-refractivity contribution >= 4 is 25.5 Å². The van der Waals surface area contributed by atoms with Crippen molar-refractivity contribution in [3.63, 3.8) is 0 Å². The second-order valence-corrected chi connectivity index (χ2v) is 9.54. The number of benzene rings is 1. The van der Waals surface area contributed by atoms with Gasteiger partial charge in [-0.25, -0.2) is 0 Å². The van der Waals surface area contributed by atoms with Gasteiger partial charge in [-0.3, -0.25) is 14.9 Å². The lowest BCUT2D eigenvalue weighted by molar-refractivity contribution is -0.385. The third-order valence-electron chi connectivity index (χ3n) is 2.12. The monoisotopic (exact) mass is 279 g/mol. The molecule has 0 spiro atoms. The molecule has 0 fully saturated rings. The Labute approximate surface area is 113 Å². The first kappa shape index (κ1) is 15.1. The van der Waals surface area contributed by atoms with Crippen molar-refractivity contribution in [2.45, 2.75) is 26.6 Å². The van der Waals surface area contributed by atoms with Crippen molar-refractivity contribution in [3.05, 3.63) is 46.0 Å². The third kappa shape index (κ3) is 4.67. The van der Waals surface area contributed by atoms with Crippen LogP contribution in [0.25, 0.3) is 5.76 Å². The number of hydrogen-bond acceptors (Lipinski definition) is 4. The van der Waals surface area contributed by atoms with E-state index in [0.29, 0.717) is 5.56 Å².